The largest absolute Gasteiger partial charge is 0.298 e. The Kier molecular flexibility index (Phi) is 3.19. The maximum absolute atomic E-state index is 12.6. The molecule has 0 spiro atoms. The predicted octanol–water partition coefficient (Wildman–Crippen LogP) is 1.67. The fourth-order valence-corrected chi connectivity index (χ4v) is 1.33. The van der Waals surface area contributed by atoms with Crippen molar-refractivity contribution in [2.45, 2.75) is 6.61 Å². The summed E-state index contributed by atoms with van der Waals surface area (Å²) < 4.78 is 12.6. The van der Waals surface area contributed by atoms with Crippen molar-refractivity contribution in [3.63, 3.8) is 0 Å². The molecule has 0 saturated heterocycles. The first-order valence-corrected chi connectivity index (χ1v) is 4.69. The van der Waals surface area contributed by atoms with Crippen LogP contribution in [0.3, 0.4) is 0 Å². The average molecular weight is 219 g/mol. The molecule has 2 heterocycles. The van der Waals surface area contributed by atoms with Crippen LogP contribution in [0.5, 0.6) is 0 Å². The van der Waals surface area contributed by atoms with Gasteiger partial charge in [-0.3, -0.25) is 9.82 Å². The van der Waals surface area contributed by atoms with Gasteiger partial charge in [0.15, 0.2) is 0 Å². The van der Waals surface area contributed by atoms with Crippen molar-refractivity contribution in [1.29, 1.82) is 0 Å². The van der Waals surface area contributed by atoms with Crippen molar-refractivity contribution < 1.29 is 9.23 Å². The molecule has 0 saturated carbocycles. The quantitative estimate of drug-likeness (QED) is 0.630. The van der Waals surface area contributed by atoms with Gasteiger partial charge in [-0.15, -0.1) is 0 Å². The highest BCUT2D eigenvalue weighted by Gasteiger charge is 2.02. The normalized spacial score (nSPS) is 10.4. The van der Waals surface area contributed by atoms with Crippen molar-refractivity contribution in [1.82, 2.24) is 9.97 Å². The lowest BCUT2D eigenvalue weighted by Gasteiger charge is -2.03. The van der Waals surface area contributed by atoms with Crippen LogP contribution >= 0.6 is 0 Å². The Morgan fingerprint density at radius 3 is 2.81 bits per heavy atom. The molecule has 2 aromatic heterocycles. The van der Waals surface area contributed by atoms with E-state index < -0.39 is 5.95 Å². The Hall–Kier alpha value is -1.85. The minimum Gasteiger partial charge on any atom is -0.298 e. The Balaban J connectivity index is 2.32. The van der Waals surface area contributed by atoms with Crippen LogP contribution in [0.4, 0.5) is 4.39 Å². The highest BCUT2D eigenvalue weighted by molar-refractivity contribution is 5.57. The van der Waals surface area contributed by atoms with Crippen molar-refractivity contribution in [2.75, 3.05) is 0 Å². The number of halogens is 1. The van der Waals surface area contributed by atoms with Gasteiger partial charge in [0.05, 0.1) is 11.4 Å². The summed E-state index contributed by atoms with van der Waals surface area (Å²) in [7, 11) is 0. The van der Waals surface area contributed by atoms with E-state index in [0.717, 1.165) is 5.56 Å². The van der Waals surface area contributed by atoms with Crippen molar-refractivity contribution >= 4 is 0 Å². The molecule has 2 rings (SSSR count). The summed E-state index contributed by atoms with van der Waals surface area (Å²) in [6.07, 6.45) is 1.44. The summed E-state index contributed by atoms with van der Waals surface area (Å²) >= 11 is 0. The number of rotatable bonds is 3. The van der Waals surface area contributed by atoms with Gasteiger partial charge in [-0.1, -0.05) is 6.07 Å². The fraction of sp³-hybridized carbons (Fsp3) is 0.0909. The Labute approximate surface area is 91.9 Å². The van der Waals surface area contributed by atoms with Gasteiger partial charge in [0.1, 0.15) is 6.61 Å². The molecule has 0 amide bonds. The molecular formula is C11H10FN3O. The first-order valence-electron chi connectivity index (χ1n) is 4.69. The Bertz CT molecular complexity index is 473. The molecule has 5 heteroatoms. The fourth-order valence-electron chi connectivity index (χ4n) is 1.33. The maximum Gasteiger partial charge on any atom is 0.212 e. The summed E-state index contributed by atoms with van der Waals surface area (Å²) in [6.45, 7) is 0.239. The first-order chi connectivity index (χ1) is 7.79. The molecule has 16 heavy (non-hydrogen) atoms. The molecule has 0 atom stereocenters. The Morgan fingerprint density at radius 1 is 1.25 bits per heavy atom. The van der Waals surface area contributed by atoms with Crippen LogP contribution in [-0.2, 0) is 11.4 Å². The van der Waals surface area contributed by atoms with Crippen LogP contribution in [0, 0.1) is 5.95 Å². The minimum absolute atomic E-state index is 0.239. The minimum atomic E-state index is -0.509. The van der Waals surface area contributed by atoms with Gasteiger partial charge in [0, 0.05) is 11.8 Å². The molecule has 0 aliphatic carbocycles. The molecule has 4 nitrogen and oxygen atoms in total. The molecule has 0 aromatic carbocycles. The van der Waals surface area contributed by atoms with Crippen LogP contribution in [0.2, 0.25) is 0 Å². The highest BCUT2D eigenvalue weighted by atomic mass is 19.1. The molecule has 82 valence electrons. The topological polar surface area (TPSA) is 61.0 Å². The van der Waals surface area contributed by atoms with Crippen LogP contribution in [0.15, 0.2) is 36.5 Å². The zero-order valence-corrected chi connectivity index (χ0v) is 8.43. The summed E-state index contributed by atoms with van der Waals surface area (Å²) in [5.74, 6) is 4.46. The van der Waals surface area contributed by atoms with E-state index in [4.69, 9.17) is 5.90 Å². The van der Waals surface area contributed by atoms with Crippen LogP contribution in [0.25, 0.3) is 11.3 Å². The van der Waals surface area contributed by atoms with Crippen LogP contribution in [0.1, 0.15) is 5.69 Å². The van der Waals surface area contributed by atoms with Gasteiger partial charge < -0.3 is 0 Å². The van der Waals surface area contributed by atoms with E-state index in [1.807, 2.05) is 12.1 Å². The highest BCUT2D eigenvalue weighted by Crippen LogP contribution is 2.16. The average Bonchev–Trinajstić information content (AvgIpc) is 2.31. The van der Waals surface area contributed by atoms with E-state index in [9.17, 15) is 4.39 Å². The van der Waals surface area contributed by atoms with Gasteiger partial charge in [0.2, 0.25) is 5.95 Å². The SMILES string of the molecule is NOCc1cccc(-c2ccc(F)nc2)n1. The molecule has 0 aliphatic rings. The predicted molar refractivity (Wildman–Crippen MR) is 56.4 cm³/mol. The van der Waals surface area contributed by atoms with Gasteiger partial charge >= 0.3 is 0 Å². The molecule has 0 fully saturated rings. The number of nitrogens with two attached hydrogens (primary N) is 1. The summed E-state index contributed by atoms with van der Waals surface area (Å²) in [4.78, 5) is 12.4. The van der Waals surface area contributed by atoms with Gasteiger partial charge in [-0.25, -0.2) is 10.9 Å². The molecule has 2 aromatic rings. The number of pyridine rings is 2. The van der Waals surface area contributed by atoms with E-state index in [1.165, 1.54) is 12.3 Å². The lowest BCUT2D eigenvalue weighted by molar-refractivity contribution is 0.121. The molecule has 0 unspecified atom stereocenters. The van der Waals surface area contributed by atoms with Gasteiger partial charge in [-0.2, -0.15) is 4.39 Å². The Morgan fingerprint density at radius 2 is 2.12 bits per heavy atom. The third-order valence-electron chi connectivity index (χ3n) is 2.06. The van der Waals surface area contributed by atoms with Gasteiger partial charge in [0.25, 0.3) is 0 Å². The van der Waals surface area contributed by atoms with E-state index in [0.29, 0.717) is 11.4 Å². The first kappa shape index (κ1) is 10.7. The van der Waals surface area contributed by atoms with E-state index >= 15 is 0 Å². The van der Waals surface area contributed by atoms with E-state index in [1.54, 1.807) is 12.1 Å². The number of hydrogen-bond donors (Lipinski definition) is 1. The zero-order chi connectivity index (χ0) is 11.4. The molecule has 0 radical (unpaired) electrons. The van der Waals surface area contributed by atoms with E-state index in [-0.39, 0.29) is 6.61 Å². The van der Waals surface area contributed by atoms with Crippen LogP contribution in [-0.4, -0.2) is 9.97 Å². The zero-order valence-electron chi connectivity index (χ0n) is 8.43. The summed E-state index contributed by atoms with van der Waals surface area (Å²) in [5.41, 5.74) is 2.17. The number of nitrogens with zero attached hydrogens (tertiary/aromatic N) is 2. The number of aromatic nitrogens is 2. The van der Waals surface area contributed by atoms with Crippen molar-refractivity contribution in [3.05, 3.63) is 48.2 Å². The smallest absolute Gasteiger partial charge is 0.212 e. The number of hydrogen-bond acceptors (Lipinski definition) is 4. The molecule has 0 aliphatic heterocycles. The monoisotopic (exact) mass is 219 g/mol. The van der Waals surface area contributed by atoms with Gasteiger partial charge in [-0.05, 0) is 24.3 Å². The molecular weight excluding hydrogens is 209 g/mol. The summed E-state index contributed by atoms with van der Waals surface area (Å²) in [5, 5.41) is 0. The van der Waals surface area contributed by atoms with Crippen molar-refractivity contribution in [3.8, 4) is 11.3 Å². The van der Waals surface area contributed by atoms with E-state index in [2.05, 4.69) is 14.8 Å². The standard InChI is InChI=1S/C11H10FN3O/c12-11-5-4-8(6-14-11)10-3-1-2-9(15-10)7-16-13/h1-6H,7,13H2. The third-order valence-corrected chi connectivity index (χ3v) is 2.06. The van der Waals surface area contributed by atoms with Crippen molar-refractivity contribution in [2.24, 2.45) is 5.90 Å². The maximum atomic E-state index is 12.6. The second kappa shape index (κ2) is 4.78. The second-order valence-corrected chi connectivity index (χ2v) is 3.19. The lowest BCUT2D eigenvalue weighted by atomic mass is 10.2. The molecule has 2 N–H and O–H groups in total. The third kappa shape index (κ3) is 2.39. The lowest BCUT2D eigenvalue weighted by Crippen LogP contribution is -2.01. The summed E-state index contributed by atoms with van der Waals surface area (Å²) in [6, 6.07) is 8.36. The second-order valence-electron chi connectivity index (χ2n) is 3.19. The van der Waals surface area contributed by atoms with Crippen LogP contribution < -0.4 is 5.90 Å². The molecule has 0 bridgehead atoms.